The lowest BCUT2D eigenvalue weighted by Gasteiger charge is -2.33. The predicted octanol–water partition coefficient (Wildman–Crippen LogP) is 2.36. The standard InChI is InChI=1S/C20H26N4O3S2/c1-2-17-14-28-19(22-17)16-4-3-7-24(13-16)18-6-5-15(12-21-18)20(25)23-8-10-29(26,27)11-9-23/h5-6,12,14,16H,2-4,7-11,13H2,1H3. The van der Waals surface area contributed by atoms with Crippen molar-refractivity contribution in [1.82, 2.24) is 14.9 Å². The van der Waals surface area contributed by atoms with E-state index in [1.807, 2.05) is 6.07 Å². The van der Waals surface area contributed by atoms with Gasteiger partial charge in [0.15, 0.2) is 9.84 Å². The third-order valence-electron chi connectivity index (χ3n) is 5.65. The van der Waals surface area contributed by atoms with Crippen LogP contribution in [0.25, 0.3) is 0 Å². The average molecular weight is 435 g/mol. The summed E-state index contributed by atoms with van der Waals surface area (Å²) in [4.78, 5) is 25.8. The molecule has 2 aliphatic rings. The zero-order valence-corrected chi connectivity index (χ0v) is 18.2. The van der Waals surface area contributed by atoms with E-state index in [2.05, 4.69) is 22.2 Å². The molecule has 2 saturated heterocycles. The summed E-state index contributed by atoms with van der Waals surface area (Å²) in [6, 6.07) is 3.70. The second-order valence-electron chi connectivity index (χ2n) is 7.66. The van der Waals surface area contributed by atoms with Gasteiger partial charge in [0.1, 0.15) is 5.82 Å². The summed E-state index contributed by atoms with van der Waals surface area (Å²) in [6.07, 6.45) is 4.81. The maximum absolute atomic E-state index is 12.6. The molecule has 0 radical (unpaired) electrons. The number of anilines is 1. The van der Waals surface area contributed by atoms with Crippen molar-refractivity contribution in [3.8, 4) is 0 Å². The highest BCUT2D eigenvalue weighted by Crippen LogP contribution is 2.31. The Bertz CT molecular complexity index is 958. The molecule has 0 bridgehead atoms. The summed E-state index contributed by atoms with van der Waals surface area (Å²) in [7, 11) is -3.00. The second-order valence-corrected chi connectivity index (χ2v) is 10.9. The second kappa shape index (κ2) is 8.39. The number of amides is 1. The first-order chi connectivity index (χ1) is 13.9. The highest BCUT2D eigenvalue weighted by molar-refractivity contribution is 7.91. The van der Waals surface area contributed by atoms with Gasteiger partial charge in [-0.3, -0.25) is 4.79 Å². The van der Waals surface area contributed by atoms with E-state index in [9.17, 15) is 13.2 Å². The van der Waals surface area contributed by atoms with Gasteiger partial charge in [0.25, 0.3) is 5.91 Å². The number of carbonyl (C=O) groups is 1. The van der Waals surface area contributed by atoms with Gasteiger partial charge in [-0.2, -0.15) is 0 Å². The van der Waals surface area contributed by atoms with Gasteiger partial charge in [-0.05, 0) is 31.4 Å². The minimum Gasteiger partial charge on any atom is -0.356 e. The van der Waals surface area contributed by atoms with Gasteiger partial charge in [0.05, 0.1) is 27.8 Å². The molecule has 29 heavy (non-hydrogen) atoms. The molecule has 1 unspecified atom stereocenters. The Morgan fingerprint density at radius 3 is 2.69 bits per heavy atom. The number of pyridine rings is 1. The molecule has 1 amide bonds. The molecular formula is C20H26N4O3S2. The molecule has 0 saturated carbocycles. The van der Waals surface area contributed by atoms with Crippen molar-refractivity contribution >= 4 is 32.9 Å². The van der Waals surface area contributed by atoms with E-state index in [-0.39, 0.29) is 30.5 Å². The van der Waals surface area contributed by atoms with Crippen molar-refractivity contribution in [3.05, 3.63) is 40.0 Å². The van der Waals surface area contributed by atoms with Crippen molar-refractivity contribution in [2.75, 3.05) is 42.6 Å². The summed E-state index contributed by atoms with van der Waals surface area (Å²) in [5.41, 5.74) is 1.67. The van der Waals surface area contributed by atoms with Gasteiger partial charge < -0.3 is 9.80 Å². The number of thiazole rings is 1. The van der Waals surface area contributed by atoms with Crippen molar-refractivity contribution in [3.63, 3.8) is 0 Å². The Labute approximate surface area is 175 Å². The smallest absolute Gasteiger partial charge is 0.255 e. The summed E-state index contributed by atoms with van der Waals surface area (Å²) < 4.78 is 23.1. The summed E-state index contributed by atoms with van der Waals surface area (Å²) in [5, 5.41) is 3.36. The quantitative estimate of drug-likeness (QED) is 0.735. The van der Waals surface area contributed by atoms with Gasteiger partial charge in [-0.25, -0.2) is 18.4 Å². The maximum Gasteiger partial charge on any atom is 0.255 e. The lowest BCUT2D eigenvalue weighted by atomic mass is 9.98. The molecule has 4 heterocycles. The predicted molar refractivity (Wildman–Crippen MR) is 114 cm³/mol. The van der Waals surface area contributed by atoms with Gasteiger partial charge >= 0.3 is 0 Å². The number of hydrogen-bond donors (Lipinski definition) is 0. The zero-order valence-electron chi connectivity index (χ0n) is 16.6. The number of sulfone groups is 1. The van der Waals surface area contributed by atoms with Crippen molar-refractivity contribution in [2.45, 2.75) is 32.1 Å². The lowest BCUT2D eigenvalue weighted by molar-refractivity contribution is 0.0770. The first kappa shape index (κ1) is 20.3. The van der Waals surface area contributed by atoms with E-state index in [4.69, 9.17) is 4.98 Å². The Kier molecular flexibility index (Phi) is 5.87. The summed E-state index contributed by atoms with van der Waals surface area (Å²) in [5.74, 6) is 1.23. The first-order valence-electron chi connectivity index (χ1n) is 10.1. The first-order valence-corrected chi connectivity index (χ1v) is 12.8. The molecule has 2 fully saturated rings. The zero-order chi connectivity index (χ0) is 20.4. The Morgan fingerprint density at radius 1 is 1.24 bits per heavy atom. The molecule has 0 spiro atoms. The number of nitrogens with zero attached hydrogens (tertiary/aromatic N) is 4. The molecule has 156 valence electrons. The number of hydrogen-bond acceptors (Lipinski definition) is 7. The third kappa shape index (κ3) is 4.61. The van der Waals surface area contributed by atoms with Crippen LogP contribution in [0.15, 0.2) is 23.7 Å². The number of aromatic nitrogens is 2. The fraction of sp³-hybridized carbons (Fsp3) is 0.550. The fourth-order valence-electron chi connectivity index (χ4n) is 3.86. The molecule has 2 aromatic heterocycles. The van der Waals surface area contributed by atoms with Gasteiger partial charge in [-0.1, -0.05) is 6.92 Å². The van der Waals surface area contributed by atoms with Crippen LogP contribution in [0.5, 0.6) is 0 Å². The number of carbonyl (C=O) groups excluding carboxylic acids is 1. The maximum atomic E-state index is 12.6. The molecule has 2 aliphatic heterocycles. The van der Waals surface area contributed by atoms with Gasteiger partial charge in [-0.15, -0.1) is 11.3 Å². The Morgan fingerprint density at radius 2 is 2.03 bits per heavy atom. The SMILES string of the molecule is CCc1csc(C2CCCN(c3ccc(C(=O)N4CCS(=O)(=O)CC4)cn3)C2)n1. The van der Waals surface area contributed by atoms with Crippen LogP contribution in [0.1, 0.15) is 46.7 Å². The molecule has 9 heteroatoms. The Balaban J connectivity index is 1.41. The monoisotopic (exact) mass is 434 g/mol. The van der Waals surface area contributed by atoms with E-state index < -0.39 is 9.84 Å². The molecule has 0 N–H and O–H groups in total. The van der Waals surface area contributed by atoms with E-state index in [0.717, 1.165) is 43.9 Å². The highest BCUT2D eigenvalue weighted by atomic mass is 32.2. The van der Waals surface area contributed by atoms with Crippen LogP contribution >= 0.6 is 11.3 Å². The van der Waals surface area contributed by atoms with Crippen molar-refractivity contribution in [2.24, 2.45) is 0 Å². The summed E-state index contributed by atoms with van der Waals surface area (Å²) >= 11 is 1.75. The van der Waals surface area contributed by atoms with Gasteiger partial charge in [0, 0.05) is 43.7 Å². The number of rotatable bonds is 4. The topological polar surface area (TPSA) is 83.5 Å². The van der Waals surface area contributed by atoms with E-state index in [1.54, 1.807) is 28.5 Å². The molecular weight excluding hydrogens is 408 g/mol. The van der Waals surface area contributed by atoms with E-state index in [0.29, 0.717) is 11.5 Å². The molecule has 7 nitrogen and oxygen atoms in total. The largest absolute Gasteiger partial charge is 0.356 e. The number of aryl methyl sites for hydroxylation is 1. The average Bonchev–Trinajstić information content (AvgIpc) is 3.23. The highest BCUT2D eigenvalue weighted by Gasteiger charge is 2.27. The van der Waals surface area contributed by atoms with Crippen LogP contribution < -0.4 is 4.90 Å². The van der Waals surface area contributed by atoms with Crippen LogP contribution in [0.2, 0.25) is 0 Å². The van der Waals surface area contributed by atoms with Crippen LogP contribution in [-0.4, -0.2) is 66.9 Å². The minimum absolute atomic E-state index is 0.0376. The lowest BCUT2D eigenvalue weighted by Crippen LogP contribution is -2.43. The van der Waals surface area contributed by atoms with E-state index in [1.165, 1.54) is 5.01 Å². The van der Waals surface area contributed by atoms with Crippen LogP contribution in [0.4, 0.5) is 5.82 Å². The molecule has 0 aromatic carbocycles. The van der Waals surface area contributed by atoms with Crippen LogP contribution in [0, 0.1) is 0 Å². The molecule has 2 aromatic rings. The normalized spacial score (nSPS) is 21.9. The molecule has 1 atom stereocenters. The van der Waals surface area contributed by atoms with E-state index >= 15 is 0 Å². The third-order valence-corrected chi connectivity index (χ3v) is 8.32. The minimum atomic E-state index is -3.00. The van der Waals surface area contributed by atoms with Crippen LogP contribution in [0.3, 0.4) is 0 Å². The summed E-state index contributed by atoms with van der Waals surface area (Å²) in [6.45, 7) is 4.48. The Hall–Kier alpha value is -2.00. The fourth-order valence-corrected chi connectivity index (χ4v) is 6.09. The number of piperidine rings is 1. The van der Waals surface area contributed by atoms with Crippen LogP contribution in [-0.2, 0) is 16.3 Å². The van der Waals surface area contributed by atoms with Crippen molar-refractivity contribution < 1.29 is 13.2 Å². The molecule has 0 aliphatic carbocycles. The van der Waals surface area contributed by atoms with Crippen molar-refractivity contribution in [1.29, 1.82) is 0 Å². The molecule has 4 rings (SSSR count). The van der Waals surface area contributed by atoms with Gasteiger partial charge in [0.2, 0.25) is 0 Å².